The fraction of sp³-hybridized carbons (Fsp3) is 0.333. The van der Waals surface area contributed by atoms with Gasteiger partial charge in [-0.1, -0.05) is 44.2 Å². The number of benzene rings is 2. The second-order valence-electron chi connectivity index (χ2n) is 5.90. The Kier molecular flexibility index (Phi) is 4.76. The van der Waals surface area contributed by atoms with E-state index in [1.807, 2.05) is 32.0 Å². The van der Waals surface area contributed by atoms with Crippen LogP contribution in [0.3, 0.4) is 0 Å². The van der Waals surface area contributed by atoms with Crippen molar-refractivity contribution < 1.29 is 4.39 Å². The largest absolute Gasteiger partial charge is 0.271 e. The Bertz CT molecular complexity index is 595. The number of hydrogen-bond donors (Lipinski definition) is 2. The molecule has 0 amide bonds. The molecule has 3 N–H and O–H groups in total. The third kappa shape index (κ3) is 3.31. The Morgan fingerprint density at radius 2 is 1.57 bits per heavy atom. The second kappa shape index (κ2) is 6.37. The molecule has 0 fully saturated rings. The van der Waals surface area contributed by atoms with Crippen molar-refractivity contribution in [2.45, 2.75) is 39.7 Å². The first-order valence-corrected chi connectivity index (χ1v) is 7.26. The standard InChI is InChI=1S/C18H23FN2/c1-11(2)14-5-7-15(8-6-14)18(21-20)17-13(4)9-12(3)10-16(17)19/h5-11,18,21H,20H2,1-4H3. The molecule has 0 aliphatic carbocycles. The van der Waals surface area contributed by atoms with E-state index in [9.17, 15) is 4.39 Å². The number of halogens is 1. The van der Waals surface area contributed by atoms with Gasteiger partial charge in [0.05, 0.1) is 6.04 Å². The van der Waals surface area contributed by atoms with Crippen LogP contribution in [-0.2, 0) is 0 Å². The summed E-state index contributed by atoms with van der Waals surface area (Å²) in [7, 11) is 0. The van der Waals surface area contributed by atoms with Gasteiger partial charge >= 0.3 is 0 Å². The minimum absolute atomic E-state index is 0.219. The predicted octanol–water partition coefficient (Wildman–Crippen LogP) is 4.12. The normalized spacial score (nSPS) is 12.7. The topological polar surface area (TPSA) is 38.0 Å². The minimum Gasteiger partial charge on any atom is -0.271 e. The summed E-state index contributed by atoms with van der Waals surface area (Å²) in [4.78, 5) is 0. The predicted molar refractivity (Wildman–Crippen MR) is 85.6 cm³/mol. The molecule has 3 heteroatoms. The van der Waals surface area contributed by atoms with Crippen molar-refractivity contribution in [2.75, 3.05) is 0 Å². The maximum atomic E-state index is 14.3. The van der Waals surface area contributed by atoms with Gasteiger partial charge in [-0.05, 0) is 48.1 Å². The van der Waals surface area contributed by atoms with Crippen LogP contribution < -0.4 is 11.3 Å². The maximum absolute atomic E-state index is 14.3. The molecule has 2 aromatic carbocycles. The van der Waals surface area contributed by atoms with Gasteiger partial charge in [-0.3, -0.25) is 5.84 Å². The van der Waals surface area contributed by atoms with Crippen molar-refractivity contribution >= 4 is 0 Å². The van der Waals surface area contributed by atoms with Crippen molar-refractivity contribution in [1.82, 2.24) is 5.43 Å². The highest BCUT2D eigenvalue weighted by Gasteiger charge is 2.19. The number of nitrogens with two attached hydrogens (primary N) is 1. The zero-order valence-electron chi connectivity index (χ0n) is 13.1. The van der Waals surface area contributed by atoms with E-state index < -0.39 is 0 Å². The molecule has 21 heavy (non-hydrogen) atoms. The first-order chi connectivity index (χ1) is 9.93. The summed E-state index contributed by atoms with van der Waals surface area (Å²) in [6, 6.07) is 11.4. The Balaban J connectivity index is 2.45. The molecule has 0 aromatic heterocycles. The fourth-order valence-electron chi connectivity index (χ4n) is 2.71. The lowest BCUT2D eigenvalue weighted by Crippen LogP contribution is -2.30. The van der Waals surface area contributed by atoms with Crippen LogP contribution in [0.2, 0.25) is 0 Å². The average molecular weight is 286 g/mol. The molecular formula is C18H23FN2. The van der Waals surface area contributed by atoms with Crippen LogP contribution in [-0.4, -0.2) is 0 Å². The van der Waals surface area contributed by atoms with Gasteiger partial charge in [0.2, 0.25) is 0 Å². The first-order valence-electron chi connectivity index (χ1n) is 7.26. The number of hydrazine groups is 1. The van der Waals surface area contributed by atoms with Crippen LogP contribution in [0, 0.1) is 19.7 Å². The van der Waals surface area contributed by atoms with Gasteiger partial charge in [0.15, 0.2) is 0 Å². The first kappa shape index (κ1) is 15.7. The van der Waals surface area contributed by atoms with Gasteiger partial charge in [-0.15, -0.1) is 0 Å². The Labute approximate surface area is 126 Å². The van der Waals surface area contributed by atoms with Crippen LogP contribution in [0.25, 0.3) is 0 Å². The Morgan fingerprint density at radius 3 is 2.05 bits per heavy atom. The molecule has 112 valence electrons. The van der Waals surface area contributed by atoms with E-state index in [4.69, 9.17) is 5.84 Å². The Hall–Kier alpha value is -1.71. The lowest BCUT2D eigenvalue weighted by molar-refractivity contribution is 0.556. The number of aryl methyl sites for hydroxylation is 2. The summed E-state index contributed by atoms with van der Waals surface area (Å²) in [5, 5.41) is 0. The van der Waals surface area contributed by atoms with E-state index in [1.165, 1.54) is 5.56 Å². The van der Waals surface area contributed by atoms with Gasteiger partial charge in [0.1, 0.15) is 5.82 Å². The molecule has 2 aromatic rings. The molecule has 0 bridgehead atoms. The zero-order valence-corrected chi connectivity index (χ0v) is 13.1. The van der Waals surface area contributed by atoms with Gasteiger partial charge in [-0.2, -0.15) is 0 Å². The molecule has 1 unspecified atom stereocenters. The monoisotopic (exact) mass is 286 g/mol. The van der Waals surface area contributed by atoms with E-state index in [1.54, 1.807) is 6.07 Å². The number of hydrogen-bond acceptors (Lipinski definition) is 2. The highest BCUT2D eigenvalue weighted by atomic mass is 19.1. The Morgan fingerprint density at radius 1 is 1.00 bits per heavy atom. The van der Waals surface area contributed by atoms with Crippen LogP contribution in [0.5, 0.6) is 0 Å². The summed E-state index contributed by atoms with van der Waals surface area (Å²) in [5.74, 6) is 5.95. The molecule has 2 nitrogen and oxygen atoms in total. The quantitative estimate of drug-likeness (QED) is 0.655. The summed E-state index contributed by atoms with van der Waals surface area (Å²) in [5.41, 5.74) is 7.40. The lowest BCUT2D eigenvalue weighted by Gasteiger charge is -2.21. The molecule has 0 radical (unpaired) electrons. The summed E-state index contributed by atoms with van der Waals surface area (Å²) >= 11 is 0. The van der Waals surface area contributed by atoms with Crippen LogP contribution in [0.1, 0.15) is 53.6 Å². The van der Waals surface area contributed by atoms with E-state index in [0.717, 1.165) is 16.7 Å². The van der Waals surface area contributed by atoms with E-state index in [0.29, 0.717) is 11.5 Å². The third-order valence-corrected chi connectivity index (χ3v) is 3.87. The number of rotatable bonds is 4. The van der Waals surface area contributed by atoms with Gasteiger partial charge < -0.3 is 0 Å². The van der Waals surface area contributed by atoms with Gasteiger partial charge in [0, 0.05) is 5.56 Å². The molecule has 0 heterocycles. The van der Waals surface area contributed by atoms with Gasteiger partial charge in [0.25, 0.3) is 0 Å². The van der Waals surface area contributed by atoms with Crippen molar-refractivity contribution in [3.8, 4) is 0 Å². The van der Waals surface area contributed by atoms with Crippen LogP contribution >= 0.6 is 0 Å². The maximum Gasteiger partial charge on any atom is 0.128 e. The lowest BCUT2D eigenvalue weighted by atomic mass is 9.92. The fourth-order valence-corrected chi connectivity index (χ4v) is 2.71. The van der Waals surface area contributed by atoms with Crippen molar-refractivity contribution in [3.63, 3.8) is 0 Å². The van der Waals surface area contributed by atoms with Crippen molar-refractivity contribution in [3.05, 3.63) is 70.0 Å². The zero-order chi connectivity index (χ0) is 15.6. The van der Waals surface area contributed by atoms with Crippen molar-refractivity contribution in [1.29, 1.82) is 0 Å². The van der Waals surface area contributed by atoms with E-state index >= 15 is 0 Å². The molecule has 0 spiro atoms. The summed E-state index contributed by atoms with van der Waals surface area (Å²) in [6.45, 7) is 8.11. The molecule has 1 atom stereocenters. The van der Waals surface area contributed by atoms with E-state index in [-0.39, 0.29) is 11.9 Å². The molecule has 0 aliphatic rings. The highest BCUT2D eigenvalue weighted by Crippen LogP contribution is 2.28. The SMILES string of the molecule is Cc1cc(C)c(C(NN)c2ccc(C(C)C)cc2)c(F)c1. The summed E-state index contributed by atoms with van der Waals surface area (Å²) in [6.07, 6.45) is 0. The average Bonchev–Trinajstić information content (AvgIpc) is 2.42. The second-order valence-corrected chi connectivity index (χ2v) is 5.90. The summed E-state index contributed by atoms with van der Waals surface area (Å²) < 4.78 is 14.3. The molecular weight excluding hydrogens is 263 g/mol. The third-order valence-electron chi connectivity index (χ3n) is 3.87. The van der Waals surface area contributed by atoms with E-state index in [2.05, 4.69) is 31.4 Å². The smallest absolute Gasteiger partial charge is 0.128 e. The molecule has 0 saturated carbocycles. The number of nitrogens with one attached hydrogen (secondary N) is 1. The minimum atomic E-state index is -0.341. The van der Waals surface area contributed by atoms with Crippen molar-refractivity contribution in [2.24, 2.45) is 5.84 Å². The van der Waals surface area contributed by atoms with Gasteiger partial charge in [-0.25, -0.2) is 9.82 Å². The van der Waals surface area contributed by atoms with Crippen LogP contribution in [0.4, 0.5) is 4.39 Å². The molecule has 2 rings (SSSR count). The highest BCUT2D eigenvalue weighted by molar-refractivity contribution is 5.40. The molecule has 0 aliphatic heterocycles. The molecule has 0 saturated heterocycles. The van der Waals surface area contributed by atoms with Crippen LogP contribution in [0.15, 0.2) is 36.4 Å².